The summed E-state index contributed by atoms with van der Waals surface area (Å²) in [4.78, 5) is 10.5. The van der Waals surface area contributed by atoms with E-state index >= 15 is 0 Å². The topological polar surface area (TPSA) is 52.3 Å². The van der Waals surface area contributed by atoms with Crippen LogP contribution in [0.4, 0.5) is 4.79 Å². The lowest BCUT2D eigenvalue weighted by molar-refractivity contribution is 0.0644. The molecule has 2 N–H and O–H groups in total. The molecule has 1 amide bonds. The second-order valence-corrected chi connectivity index (χ2v) is 3.88. The van der Waals surface area contributed by atoms with Crippen LogP contribution in [0.1, 0.15) is 45.4 Å². The summed E-state index contributed by atoms with van der Waals surface area (Å²) >= 11 is 0. The van der Waals surface area contributed by atoms with Crippen LogP contribution in [0.5, 0.6) is 0 Å². The molecule has 0 spiro atoms. The van der Waals surface area contributed by atoms with Crippen molar-refractivity contribution in [3.8, 4) is 0 Å². The molecule has 76 valence electrons. The van der Waals surface area contributed by atoms with Crippen molar-refractivity contribution in [2.24, 2.45) is 11.7 Å². The standard InChI is InChI=1S/C10H19NO2/c1-2-4-8-5-3-6-9(7-8)13-10(11)12/h8-9H,2-7H2,1H3,(H2,11,12). The molecule has 1 fully saturated rings. The molecule has 13 heavy (non-hydrogen) atoms. The summed E-state index contributed by atoms with van der Waals surface area (Å²) in [7, 11) is 0. The number of carbonyl (C=O) groups is 1. The van der Waals surface area contributed by atoms with Crippen LogP contribution in [0.2, 0.25) is 0 Å². The highest BCUT2D eigenvalue weighted by molar-refractivity contribution is 5.64. The molecule has 0 bridgehead atoms. The average molecular weight is 185 g/mol. The lowest BCUT2D eigenvalue weighted by Crippen LogP contribution is -2.28. The molecule has 0 aromatic heterocycles. The van der Waals surface area contributed by atoms with E-state index in [4.69, 9.17) is 10.5 Å². The summed E-state index contributed by atoms with van der Waals surface area (Å²) in [6.07, 6.45) is 6.38. The first-order valence-corrected chi connectivity index (χ1v) is 5.18. The number of hydrogen-bond acceptors (Lipinski definition) is 2. The van der Waals surface area contributed by atoms with Crippen molar-refractivity contribution >= 4 is 6.09 Å². The summed E-state index contributed by atoms with van der Waals surface area (Å²) in [5.74, 6) is 0.739. The molecule has 1 rings (SSSR count). The fraction of sp³-hybridized carbons (Fsp3) is 0.900. The van der Waals surface area contributed by atoms with Crippen molar-refractivity contribution in [1.29, 1.82) is 0 Å². The Morgan fingerprint density at radius 2 is 2.31 bits per heavy atom. The number of carbonyl (C=O) groups excluding carboxylic acids is 1. The maximum atomic E-state index is 10.5. The van der Waals surface area contributed by atoms with E-state index in [0.717, 1.165) is 18.8 Å². The Balaban J connectivity index is 2.28. The van der Waals surface area contributed by atoms with Crippen LogP contribution < -0.4 is 5.73 Å². The van der Waals surface area contributed by atoms with Crippen molar-refractivity contribution in [1.82, 2.24) is 0 Å². The third-order valence-electron chi connectivity index (χ3n) is 2.71. The van der Waals surface area contributed by atoms with Crippen LogP contribution in [0.3, 0.4) is 0 Å². The van der Waals surface area contributed by atoms with Gasteiger partial charge in [0.05, 0.1) is 0 Å². The van der Waals surface area contributed by atoms with Gasteiger partial charge in [0.25, 0.3) is 0 Å². The Bertz CT molecular complexity index is 168. The van der Waals surface area contributed by atoms with Gasteiger partial charge in [0.2, 0.25) is 0 Å². The van der Waals surface area contributed by atoms with E-state index in [1.807, 2.05) is 0 Å². The maximum Gasteiger partial charge on any atom is 0.404 e. The van der Waals surface area contributed by atoms with E-state index in [2.05, 4.69) is 6.92 Å². The molecule has 2 atom stereocenters. The van der Waals surface area contributed by atoms with Gasteiger partial charge in [0.1, 0.15) is 6.10 Å². The van der Waals surface area contributed by atoms with E-state index in [-0.39, 0.29) is 6.10 Å². The second-order valence-electron chi connectivity index (χ2n) is 3.88. The summed E-state index contributed by atoms with van der Waals surface area (Å²) < 4.78 is 5.01. The van der Waals surface area contributed by atoms with Crippen LogP contribution in [-0.4, -0.2) is 12.2 Å². The summed E-state index contributed by atoms with van der Waals surface area (Å²) in [6.45, 7) is 2.19. The van der Waals surface area contributed by atoms with Crippen LogP contribution in [0.25, 0.3) is 0 Å². The third-order valence-corrected chi connectivity index (χ3v) is 2.71. The zero-order valence-electron chi connectivity index (χ0n) is 8.29. The molecule has 1 saturated carbocycles. The van der Waals surface area contributed by atoms with Crippen LogP contribution in [0.15, 0.2) is 0 Å². The Morgan fingerprint density at radius 1 is 1.54 bits per heavy atom. The number of ether oxygens (including phenoxy) is 1. The largest absolute Gasteiger partial charge is 0.446 e. The minimum atomic E-state index is -0.623. The average Bonchev–Trinajstić information content (AvgIpc) is 2.04. The van der Waals surface area contributed by atoms with Gasteiger partial charge in [-0.15, -0.1) is 0 Å². The van der Waals surface area contributed by atoms with Crippen molar-refractivity contribution in [3.63, 3.8) is 0 Å². The minimum Gasteiger partial charge on any atom is -0.446 e. The minimum absolute atomic E-state index is 0.0859. The SMILES string of the molecule is CCCC1CCCC(OC(N)=O)C1. The van der Waals surface area contributed by atoms with E-state index in [1.165, 1.54) is 25.7 Å². The van der Waals surface area contributed by atoms with Crippen LogP contribution in [-0.2, 0) is 4.74 Å². The van der Waals surface area contributed by atoms with Crippen molar-refractivity contribution in [2.45, 2.75) is 51.6 Å². The molecule has 0 aromatic carbocycles. The highest BCUT2D eigenvalue weighted by Crippen LogP contribution is 2.29. The van der Waals surface area contributed by atoms with Crippen molar-refractivity contribution < 1.29 is 9.53 Å². The summed E-state index contributed by atoms with van der Waals surface area (Å²) in [5.41, 5.74) is 4.98. The van der Waals surface area contributed by atoms with Gasteiger partial charge < -0.3 is 10.5 Å². The Hall–Kier alpha value is -0.730. The Kier molecular flexibility index (Phi) is 4.06. The van der Waals surface area contributed by atoms with Gasteiger partial charge >= 0.3 is 6.09 Å². The number of amides is 1. The molecule has 0 aliphatic heterocycles. The lowest BCUT2D eigenvalue weighted by Gasteiger charge is -2.28. The Morgan fingerprint density at radius 3 is 2.92 bits per heavy atom. The van der Waals surface area contributed by atoms with Crippen molar-refractivity contribution in [2.75, 3.05) is 0 Å². The molecule has 3 heteroatoms. The molecule has 3 nitrogen and oxygen atoms in total. The second kappa shape index (κ2) is 5.10. The number of nitrogens with two attached hydrogens (primary N) is 1. The first-order chi connectivity index (χ1) is 6.22. The molecule has 0 saturated heterocycles. The number of primary amides is 1. The van der Waals surface area contributed by atoms with Gasteiger partial charge in [-0.3, -0.25) is 0 Å². The lowest BCUT2D eigenvalue weighted by atomic mass is 9.84. The quantitative estimate of drug-likeness (QED) is 0.734. The predicted octanol–water partition coefficient (Wildman–Crippen LogP) is 2.44. The zero-order chi connectivity index (χ0) is 9.68. The fourth-order valence-electron chi connectivity index (χ4n) is 2.18. The van der Waals surface area contributed by atoms with E-state index in [9.17, 15) is 4.79 Å². The van der Waals surface area contributed by atoms with Crippen molar-refractivity contribution in [3.05, 3.63) is 0 Å². The molecule has 1 aliphatic carbocycles. The first kappa shape index (κ1) is 10.4. The molecule has 0 radical (unpaired) electrons. The molecule has 2 unspecified atom stereocenters. The van der Waals surface area contributed by atoms with Crippen LogP contribution in [0, 0.1) is 5.92 Å². The normalized spacial score (nSPS) is 28.4. The molecule has 1 aliphatic rings. The summed E-state index contributed by atoms with van der Waals surface area (Å²) in [6, 6.07) is 0. The van der Waals surface area contributed by atoms with E-state index < -0.39 is 6.09 Å². The number of rotatable bonds is 3. The zero-order valence-corrected chi connectivity index (χ0v) is 8.29. The van der Waals surface area contributed by atoms with E-state index in [0.29, 0.717) is 0 Å². The van der Waals surface area contributed by atoms with Gasteiger partial charge in [0.15, 0.2) is 0 Å². The maximum absolute atomic E-state index is 10.5. The van der Waals surface area contributed by atoms with Gasteiger partial charge in [-0.25, -0.2) is 4.79 Å². The summed E-state index contributed by atoms with van der Waals surface area (Å²) in [5, 5.41) is 0. The molecular weight excluding hydrogens is 166 g/mol. The van der Waals surface area contributed by atoms with Gasteiger partial charge in [-0.2, -0.15) is 0 Å². The molecular formula is C10H19NO2. The van der Waals surface area contributed by atoms with Crippen LogP contribution >= 0.6 is 0 Å². The third kappa shape index (κ3) is 3.66. The predicted molar refractivity (Wildman–Crippen MR) is 51.3 cm³/mol. The fourth-order valence-corrected chi connectivity index (χ4v) is 2.18. The van der Waals surface area contributed by atoms with Gasteiger partial charge in [-0.1, -0.05) is 26.2 Å². The monoisotopic (exact) mass is 185 g/mol. The Labute approximate surface area is 79.6 Å². The molecule has 0 aromatic rings. The highest BCUT2D eigenvalue weighted by atomic mass is 16.6. The smallest absolute Gasteiger partial charge is 0.404 e. The van der Waals surface area contributed by atoms with Gasteiger partial charge in [-0.05, 0) is 25.2 Å². The first-order valence-electron chi connectivity index (χ1n) is 5.18. The van der Waals surface area contributed by atoms with E-state index in [1.54, 1.807) is 0 Å². The highest BCUT2D eigenvalue weighted by Gasteiger charge is 2.23. The molecule has 0 heterocycles. The number of hydrogen-bond donors (Lipinski definition) is 1. The van der Waals surface area contributed by atoms with Gasteiger partial charge in [0, 0.05) is 0 Å².